The number of likely N-dealkylation sites (tertiary alicyclic amines) is 1. The SMILES string of the molecule is COC1/C=C/OC2(C)Oc3c(C)c(O)c4c(O)c(c(CN5CCCCC5)c(O)c4c3C2=O)NC(=O)C(C)=C/C=C/C(C)C(O)C(C)C(O)C(C)C(OC(C)=O)C1C. The molecule has 4 aliphatic rings. The summed E-state index contributed by atoms with van der Waals surface area (Å²) < 4.78 is 23.6. The number of aliphatic hydroxyl groups is 2. The predicted molar refractivity (Wildman–Crippen MR) is 213 cm³/mol. The number of rotatable bonds is 4. The van der Waals surface area contributed by atoms with Crippen molar-refractivity contribution in [3.8, 4) is 23.0 Å². The number of benzene rings is 2. The standard InChI is InChI=1S/C43H58N2O12/c1-21-14-13-15-22(2)42(53)44-33-28(20-45-17-11-10-12-18-45)37(50)30-31(38(33)51)36(49)26(6)40-32(30)41(52)43(8,57-40)55-19-16-29(54-9)23(3)39(56-27(7)46)25(5)35(48)24(4)34(21)47/h13-16,19,21,23-25,29,34-35,39,47-51H,10-12,17-18,20H2,1-9H3,(H,44,53)/b14-13+,19-16+,22-15?. The summed E-state index contributed by atoms with van der Waals surface area (Å²) in [7, 11) is 1.45. The third-order valence-electron chi connectivity index (χ3n) is 11.9. The molecule has 1 fully saturated rings. The fourth-order valence-corrected chi connectivity index (χ4v) is 8.28. The van der Waals surface area contributed by atoms with E-state index in [-0.39, 0.29) is 51.0 Å². The molecule has 2 aromatic carbocycles. The van der Waals surface area contributed by atoms with E-state index >= 15 is 0 Å². The van der Waals surface area contributed by atoms with Gasteiger partial charge in [-0.15, -0.1) is 0 Å². The third-order valence-corrected chi connectivity index (χ3v) is 11.9. The zero-order valence-corrected chi connectivity index (χ0v) is 34.3. The monoisotopic (exact) mass is 794 g/mol. The molecule has 6 N–H and O–H groups in total. The van der Waals surface area contributed by atoms with Gasteiger partial charge < -0.3 is 49.8 Å². The number of esters is 1. The van der Waals surface area contributed by atoms with Crippen LogP contribution < -0.4 is 10.1 Å². The van der Waals surface area contributed by atoms with Crippen molar-refractivity contribution in [3.05, 3.63) is 52.8 Å². The van der Waals surface area contributed by atoms with Gasteiger partial charge in [-0.25, -0.2) is 0 Å². The maximum absolute atomic E-state index is 14.4. The molecule has 14 nitrogen and oxygen atoms in total. The Balaban J connectivity index is 1.70. The summed E-state index contributed by atoms with van der Waals surface area (Å²) >= 11 is 0. The van der Waals surface area contributed by atoms with Gasteiger partial charge in [-0.05, 0) is 45.9 Å². The molecular formula is C43H58N2O12. The molecule has 0 saturated carbocycles. The Hall–Kier alpha value is -4.63. The summed E-state index contributed by atoms with van der Waals surface area (Å²) in [5, 5.41) is 60.8. The molecule has 1 saturated heterocycles. The number of methoxy groups -OCH3 is 1. The highest BCUT2D eigenvalue weighted by Crippen LogP contribution is 2.55. The predicted octanol–water partition coefficient (Wildman–Crippen LogP) is 5.74. The van der Waals surface area contributed by atoms with Crippen LogP contribution in [0.3, 0.4) is 0 Å². The molecule has 6 rings (SSSR count). The number of piperidine rings is 1. The maximum atomic E-state index is 14.4. The summed E-state index contributed by atoms with van der Waals surface area (Å²) in [6, 6.07) is 0. The van der Waals surface area contributed by atoms with Gasteiger partial charge in [0.15, 0.2) is 5.75 Å². The average Bonchev–Trinajstić information content (AvgIpc) is 3.44. The molecule has 0 aromatic heterocycles. The summed E-state index contributed by atoms with van der Waals surface area (Å²) in [4.78, 5) is 42.6. The van der Waals surface area contributed by atoms with E-state index in [4.69, 9.17) is 18.9 Å². The van der Waals surface area contributed by atoms with Gasteiger partial charge in [0, 0.05) is 73.3 Å². The van der Waals surface area contributed by atoms with Crippen molar-refractivity contribution in [1.82, 2.24) is 4.90 Å². The van der Waals surface area contributed by atoms with Gasteiger partial charge in [-0.3, -0.25) is 19.3 Å². The first kappa shape index (κ1) is 43.5. The van der Waals surface area contributed by atoms with Crippen LogP contribution in [-0.4, -0.2) is 98.5 Å². The second-order valence-electron chi connectivity index (χ2n) is 16.0. The minimum absolute atomic E-state index is 0.0488. The van der Waals surface area contributed by atoms with Crippen molar-refractivity contribution in [2.45, 2.75) is 111 Å². The number of nitrogens with one attached hydrogen (secondary N) is 1. The van der Waals surface area contributed by atoms with Crippen LogP contribution in [0.2, 0.25) is 0 Å². The van der Waals surface area contributed by atoms with Crippen LogP contribution >= 0.6 is 0 Å². The van der Waals surface area contributed by atoms with E-state index in [9.17, 15) is 39.9 Å². The van der Waals surface area contributed by atoms with E-state index in [1.54, 1.807) is 46.8 Å². The Morgan fingerprint density at radius 1 is 0.930 bits per heavy atom. The third kappa shape index (κ3) is 8.50. The Bertz CT molecular complexity index is 1970. The van der Waals surface area contributed by atoms with Crippen LogP contribution in [0.1, 0.15) is 89.2 Å². The largest absolute Gasteiger partial charge is 0.507 e. The van der Waals surface area contributed by atoms with Crippen molar-refractivity contribution in [2.24, 2.45) is 23.7 Å². The quantitative estimate of drug-likeness (QED) is 0.124. The molecule has 4 heterocycles. The van der Waals surface area contributed by atoms with Gasteiger partial charge in [-0.1, -0.05) is 52.3 Å². The molecule has 14 heteroatoms. The molecule has 0 spiro atoms. The number of hydrogen-bond acceptors (Lipinski definition) is 13. The molecule has 312 valence electrons. The van der Waals surface area contributed by atoms with E-state index in [1.807, 2.05) is 0 Å². The normalized spacial score (nSPS) is 31.7. The lowest BCUT2D eigenvalue weighted by atomic mass is 9.78. The number of phenolic OH excluding ortho intramolecular Hbond substituents is 3. The topological polar surface area (TPSA) is 205 Å². The number of carbonyl (C=O) groups is 3. The lowest BCUT2D eigenvalue weighted by Gasteiger charge is -2.38. The van der Waals surface area contributed by atoms with Gasteiger partial charge in [0.05, 0.1) is 41.2 Å². The van der Waals surface area contributed by atoms with Gasteiger partial charge in [0.25, 0.3) is 11.7 Å². The van der Waals surface area contributed by atoms with Crippen LogP contribution in [0.25, 0.3) is 10.8 Å². The number of Topliss-reactive ketones (excluding diaryl/α,β-unsaturated/α-hetero) is 1. The highest BCUT2D eigenvalue weighted by molar-refractivity contribution is 6.22. The molecule has 0 aliphatic carbocycles. The van der Waals surface area contributed by atoms with Crippen LogP contribution in [0.15, 0.2) is 36.1 Å². The van der Waals surface area contributed by atoms with Crippen molar-refractivity contribution in [1.29, 1.82) is 0 Å². The summed E-state index contributed by atoms with van der Waals surface area (Å²) in [6.45, 7) is 14.2. The van der Waals surface area contributed by atoms with Gasteiger partial charge in [0.2, 0.25) is 0 Å². The number of hydrogen-bond donors (Lipinski definition) is 6. The van der Waals surface area contributed by atoms with Crippen molar-refractivity contribution in [2.75, 3.05) is 25.5 Å². The Morgan fingerprint density at radius 2 is 1.60 bits per heavy atom. The summed E-state index contributed by atoms with van der Waals surface area (Å²) in [6.07, 6.45) is 6.63. The molecular weight excluding hydrogens is 736 g/mol. The van der Waals surface area contributed by atoms with Crippen molar-refractivity contribution < 1.29 is 58.9 Å². The van der Waals surface area contributed by atoms with Crippen molar-refractivity contribution >= 4 is 34.1 Å². The van der Waals surface area contributed by atoms with E-state index < -0.39 is 88.8 Å². The van der Waals surface area contributed by atoms with Gasteiger partial charge in [-0.2, -0.15) is 0 Å². The Morgan fingerprint density at radius 3 is 2.23 bits per heavy atom. The smallest absolute Gasteiger partial charge is 0.312 e. The number of fused-ring (bicyclic) bond motifs is 14. The minimum atomic E-state index is -2.00. The molecule has 5 bridgehead atoms. The number of nitrogens with zero attached hydrogens (tertiary/aromatic N) is 1. The molecule has 1 amide bonds. The van der Waals surface area contributed by atoms with E-state index in [2.05, 4.69) is 10.2 Å². The van der Waals surface area contributed by atoms with Crippen LogP contribution in [0.4, 0.5) is 5.69 Å². The molecule has 4 aliphatic heterocycles. The first-order chi connectivity index (χ1) is 26.8. The zero-order chi connectivity index (χ0) is 42.1. The second kappa shape index (κ2) is 17.5. The molecule has 0 radical (unpaired) electrons. The maximum Gasteiger partial charge on any atom is 0.312 e. The van der Waals surface area contributed by atoms with E-state index in [1.165, 1.54) is 46.3 Å². The van der Waals surface area contributed by atoms with E-state index in [0.29, 0.717) is 13.1 Å². The fourth-order valence-electron chi connectivity index (χ4n) is 8.28. The van der Waals surface area contributed by atoms with Gasteiger partial charge in [0.1, 0.15) is 23.4 Å². The van der Waals surface area contributed by atoms with Crippen LogP contribution in [-0.2, 0) is 30.3 Å². The molecule has 9 atom stereocenters. The summed E-state index contributed by atoms with van der Waals surface area (Å²) in [5.74, 6) is -7.77. The fraction of sp³-hybridized carbons (Fsp3) is 0.558. The number of amides is 1. The Kier molecular flexibility index (Phi) is 13.3. The highest BCUT2D eigenvalue weighted by atomic mass is 16.7. The number of ether oxygens (including phenoxy) is 4. The molecule has 57 heavy (non-hydrogen) atoms. The number of allylic oxidation sites excluding steroid dienone is 2. The second-order valence-corrected chi connectivity index (χ2v) is 16.0. The molecule has 9 unspecified atom stereocenters. The number of phenols is 3. The number of aromatic hydroxyl groups is 3. The molecule has 2 aromatic rings. The van der Waals surface area contributed by atoms with Gasteiger partial charge >= 0.3 is 11.8 Å². The van der Waals surface area contributed by atoms with E-state index in [0.717, 1.165) is 19.3 Å². The average molecular weight is 795 g/mol. The zero-order valence-electron chi connectivity index (χ0n) is 34.3. The number of carbonyl (C=O) groups excluding carboxylic acids is 3. The number of ketones is 1. The first-order valence-corrected chi connectivity index (χ1v) is 19.6. The highest BCUT2D eigenvalue weighted by Gasteiger charge is 2.50. The van der Waals surface area contributed by atoms with Crippen LogP contribution in [0.5, 0.6) is 23.0 Å². The lowest BCUT2D eigenvalue weighted by Crippen LogP contribution is -2.46. The van der Waals surface area contributed by atoms with Crippen molar-refractivity contribution in [3.63, 3.8) is 0 Å². The Labute approximate surface area is 333 Å². The minimum Gasteiger partial charge on any atom is -0.507 e. The number of aliphatic hydroxyl groups excluding tert-OH is 2. The van der Waals surface area contributed by atoms with Crippen LogP contribution in [0, 0.1) is 30.6 Å². The first-order valence-electron chi connectivity index (χ1n) is 19.6. The summed E-state index contributed by atoms with van der Waals surface area (Å²) in [5.41, 5.74) is 0.236. The number of anilines is 1. The lowest BCUT2D eigenvalue weighted by molar-refractivity contribution is -0.160.